The lowest BCUT2D eigenvalue weighted by Gasteiger charge is -2.09. The Morgan fingerprint density at radius 2 is 1.95 bits per heavy atom. The predicted octanol–water partition coefficient (Wildman–Crippen LogP) is 4.29. The summed E-state index contributed by atoms with van der Waals surface area (Å²) in [6.07, 6.45) is 0. The Bertz CT molecular complexity index is 688. The van der Waals surface area contributed by atoms with E-state index in [1.807, 2.05) is 12.1 Å². The van der Waals surface area contributed by atoms with E-state index in [0.717, 1.165) is 8.66 Å². The van der Waals surface area contributed by atoms with Crippen molar-refractivity contribution in [2.24, 2.45) is 0 Å². The number of amides is 2. The van der Waals surface area contributed by atoms with Crippen LogP contribution in [0.15, 0.2) is 38.6 Å². The van der Waals surface area contributed by atoms with Crippen molar-refractivity contribution >= 4 is 60.9 Å². The highest BCUT2D eigenvalue weighted by Gasteiger charge is 2.13. The number of rotatable bonds is 4. The lowest BCUT2D eigenvalue weighted by molar-refractivity contribution is 0.0698. The minimum Gasteiger partial charge on any atom is -0.478 e. The highest BCUT2D eigenvalue weighted by atomic mass is 79.9. The first kappa shape index (κ1) is 16.0. The molecule has 110 valence electrons. The van der Waals surface area contributed by atoms with Gasteiger partial charge < -0.3 is 15.7 Å². The minimum atomic E-state index is -1.10. The number of hydrogen-bond acceptors (Lipinski definition) is 3. The van der Waals surface area contributed by atoms with Crippen LogP contribution in [0.3, 0.4) is 0 Å². The van der Waals surface area contributed by atoms with Crippen molar-refractivity contribution in [3.05, 3.63) is 49.0 Å². The second kappa shape index (κ2) is 7.06. The van der Waals surface area contributed by atoms with Gasteiger partial charge in [-0.15, -0.1) is 11.3 Å². The number of carboxylic acid groups (broad SMARTS) is 1. The van der Waals surface area contributed by atoms with E-state index >= 15 is 0 Å². The van der Waals surface area contributed by atoms with Gasteiger partial charge in [-0.3, -0.25) is 0 Å². The first-order valence-corrected chi connectivity index (χ1v) is 8.18. The van der Waals surface area contributed by atoms with Crippen molar-refractivity contribution in [1.29, 1.82) is 0 Å². The zero-order chi connectivity index (χ0) is 15.4. The quantitative estimate of drug-likeness (QED) is 0.672. The van der Waals surface area contributed by atoms with Crippen molar-refractivity contribution in [3.8, 4) is 0 Å². The Labute approximate surface area is 141 Å². The van der Waals surface area contributed by atoms with Crippen LogP contribution in [0, 0.1) is 0 Å². The summed E-state index contributed by atoms with van der Waals surface area (Å²) < 4.78 is 1.62. The molecule has 21 heavy (non-hydrogen) atoms. The molecule has 0 aliphatic rings. The van der Waals surface area contributed by atoms with Gasteiger partial charge in [-0.25, -0.2) is 9.59 Å². The number of hydrogen-bond donors (Lipinski definition) is 3. The third kappa shape index (κ3) is 4.55. The van der Waals surface area contributed by atoms with Gasteiger partial charge in [0.25, 0.3) is 0 Å². The van der Waals surface area contributed by atoms with Gasteiger partial charge in [0.15, 0.2) is 0 Å². The molecule has 1 aromatic carbocycles. The van der Waals surface area contributed by atoms with E-state index in [4.69, 9.17) is 5.11 Å². The summed E-state index contributed by atoms with van der Waals surface area (Å²) >= 11 is 8.07. The van der Waals surface area contributed by atoms with Gasteiger partial charge in [-0.05, 0) is 46.3 Å². The van der Waals surface area contributed by atoms with Gasteiger partial charge in [-0.2, -0.15) is 0 Å². The van der Waals surface area contributed by atoms with Crippen LogP contribution in [0.2, 0.25) is 0 Å². The molecule has 0 saturated heterocycles. The molecule has 0 unspecified atom stereocenters. The van der Waals surface area contributed by atoms with Crippen molar-refractivity contribution in [2.75, 3.05) is 5.32 Å². The van der Waals surface area contributed by atoms with Gasteiger partial charge in [0.1, 0.15) is 0 Å². The Morgan fingerprint density at radius 3 is 2.57 bits per heavy atom. The monoisotopic (exact) mass is 432 g/mol. The molecule has 0 aliphatic carbocycles. The standard InChI is InChI=1S/C13H10Br2N2O3S/c14-7-1-3-10(9(5-7)12(18)19)17-13(20)16-6-8-2-4-11(15)21-8/h1-5H,6H2,(H,18,19)(H2,16,17,20). The lowest BCUT2D eigenvalue weighted by atomic mass is 10.2. The van der Waals surface area contributed by atoms with Crippen molar-refractivity contribution in [1.82, 2.24) is 5.32 Å². The number of benzene rings is 1. The van der Waals surface area contributed by atoms with Crippen LogP contribution < -0.4 is 10.6 Å². The van der Waals surface area contributed by atoms with Crippen LogP contribution in [-0.4, -0.2) is 17.1 Å². The molecule has 0 aliphatic heterocycles. The smallest absolute Gasteiger partial charge is 0.337 e. The summed E-state index contributed by atoms with van der Waals surface area (Å²) in [5, 5.41) is 14.3. The number of carbonyl (C=O) groups excluding carboxylic acids is 1. The van der Waals surface area contributed by atoms with E-state index in [1.54, 1.807) is 6.07 Å². The number of halogens is 2. The van der Waals surface area contributed by atoms with Crippen LogP contribution in [0.4, 0.5) is 10.5 Å². The molecule has 5 nitrogen and oxygen atoms in total. The number of urea groups is 1. The SMILES string of the molecule is O=C(NCc1ccc(Br)s1)Nc1ccc(Br)cc1C(=O)O. The maximum absolute atomic E-state index is 11.8. The molecule has 0 fully saturated rings. The molecule has 0 radical (unpaired) electrons. The summed E-state index contributed by atoms with van der Waals surface area (Å²) in [7, 11) is 0. The van der Waals surface area contributed by atoms with Gasteiger partial charge in [0, 0.05) is 9.35 Å². The average Bonchev–Trinajstić information content (AvgIpc) is 2.84. The van der Waals surface area contributed by atoms with Crippen molar-refractivity contribution < 1.29 is 14.7 Å². The normalized spacial score (nSPS) is 10.2. The van der Waals surface area contributed by atoms with Crippen LogP contribution in [0.5, 0.6) is 0 Å². The van der Waals surface area contributed by atoms with E-state index < -0.39 is 12.0 Å². The minimum absolute atomic E-state index is 0.0263. The summed E-state index contributed by atoms with van der Waals surface area (Å²) in [4.78, 5) is 24.0. The van der Waals surface area contributed by atoms with E-state index in [-0.39, 0.29) is 11.3 Å². The molecule has 1 aromatic heterocycles. The molecule has 0 bridgehead atoms. The highest BCUT2D eigenvalue weighted by Crippen LogP contribution is 2.22. The molecule has 0 saturated carbocycles. The fourth-order valence-corrected chi connectivity index (χ4v) is 3.37. The topological polar surface area (TPSA) is 78.4 Å². The second-order valence-corrected chi connectivity index (χ2v) is 7.47. The van der Waals surface area contributed by atoms with Crippen LogP contribution in [-0.2, 0) is 6.54 Å². The largest absolute Gasteiger partial charge is 0.478 e. The highest BCUT2D eigenvalue weighted by molar-refractivity contribution is 9.11. The first-order chi connectivity index (χ1) is 9.95. The van der Waals surface area contributed by atoms with Crippen LogP contribution in [0.25, 0.3) is 0 Å². The Hall–Kier alpha value is -1.38. The lowest BCUT2D eigenvalue weighted by Crippen LogP contribution is -2.28. The molecule has 2 rings (SSSR count). The van der Waals surface area contributed by atoms with Gasteiger partial charge >= 0.3 is 12.0 Å². The fourth-order valence-electron chi connectivity index (χ4n) is 1.58. The first-order valence-electron chi connectivity index (χ1n) is 5.77. The Kier molecular flexibility index (Phi) is 5.38. The molecule has 8 heteroatoms. The molecule has 2 aromatic rings. The van der Waals surface area contributed by atoms with E-state index in [0.29, 0.717) is 11.0 Å². The van der Waals surface area contributed by atoms with E-state index in [1.165, 1.54) is 23.5 Å². The van der Waals surface area contributed by atoms with Crippen molar-refractivity contribution in [2.45, 2.75) is 6.54 Å². The van der Waals surface area contributed by atoms with E-state index in [9.17, 15) is 9.59 Å². The Balaban J connectivity index is 2.01. The summed E-state index contributed by atoms with van der Waals surface area (Å²) in [6.45, 7) is 0.376. The molecule has 0 spiro atoms. The van der Waals surface area contributed by atoms with Crippen LogP contribution in [0.1, 0.15) is 15.2 Å². The predicted molar refractivity (Wildman–Crippen MR) is 89.0 cm³/mol. The number of aromatic carboxylic acids is 1. The number of thiophene rings is 1. The van der Waals surface area contributed by atoms with Gasteiger partial charge in [0.05, 0.1) is 21.6 Å². The zero-order valence-corrected chi connectivity index (χ0v) is 14.5. The Morgan fingerprint density at radius 1 is 1.19 bits per heavy atom. The van der Waals surface area contributed by atoms with Gasteiger partial charge in [0.2, 0.25) is 0 Å². The third-order valence-electron chi connectivity index (χ3n) is 2.51. The molecular weight excluding hydrogens is 424 g/mol. The van der Waals surface area contributed by atoms with Crippen molar-refractivity contribution in [3.63, 3.8) is 0 Å². The number of carboxylic acids is 1. The molecule has 0 atom stereocenters. The number of anilines is 1. The third-order valence-corrected chi connectivity index (χ3v) is 4.63. The molecule has 2 amide bonds. The molecular formula is C13H10Br2N2O3S. The summed E-state index contributed by atoms with van der Waals surface area (Å²) in [5.41, 5.74) is 0.272. The second-order valence-electron chi connectivity index (χ2n) is 4.01. The van der Waals surface area contributed by atoms with E-state index in [2.05, 4.69) is 42.5 Å². The fraction of sp³-hybridized carbons (Fsp3) is 0.0769. The summed E-state index contributed by atoms with van der Waals surface area (Å²) in [5.74, 6) is -1.10. The maximum atomic E-state index is 11.8. The maximum Gasteiger partial charge on any atom is 0.337 e. The molecule has 1 heterocycles. The average molecular weight is 434 g/mol. The number of carbonyl (C=O) groups is 2. The zero-order valence-electron chi connectivity index (χ0n) is 10.5. The van der Waals surface area contributed by atoms with Gasteiger partial charge in [-0.1, -0.05) is 15.9 Å². The number of nitrogens with one attached hydrogen (secondary N) is 2. The van der Waals surface area contributed by atoms with Crippen LogP contribution >= 0.6 is 43.2 Å². The summed E-state index contributed by atoms with van der Waals surface area (Å²) in [6, 6.07) is 7.99. The molecule has 3 N–H and O–H groups in total.